The van der Waals surface area contributed by atoms with Gasteiger partial charge in [0.25, 0.3) is 0 Å². The normalized spacial score (nSPS) is 12.0. The molecule has 1 heterocycles. The van der Waals surface area contributed by atoms with Gasteiger partial charge in [0.1, 0.15) is 0 Å². The number of nitrogens with zero attached hydrogens (tertiary/aromatic N) is 4. The zero-order valence-electron chi connectivity index (χ0n) is 15.7. The predicted octanol–water partition coefficient (Wildman–Crippen LogP) is 3.12. The molecule has 27 heavy (non-hydrogen) atoms. The average Bonchev–Trinajstić information content (AvgIpc) is 3.13. The van der Waals surface area contributed by atoms with Crippen molar-refractivity contribution in [1.29, 1.82) is 0 Å². The van der Waals surface area contributed by atoms with Crippen LogP contribution in [0.1, 0.15) is 23.6 Å². The minimum Gasteiger partial charge on any atom is -0.355 e. The highest BCUT2D eigenvalue weighted by molar-refractivity contribution is 8.00. The number of benzene rings is 2. The molecule has 6 nitrogen and oxygen atoms in total. The van der Waals surface area contributed by atoms with Crippen LogP contribution in [0.15, 0.2) is 53.7 Å². The topological polar surface area (TPSA) is 72.7 Å². The van der Waals surface area contributed by atoms with Crippen molar-refractivity contribution in [3.63, 3.8) is 0 Å². The first-order chi connectivity index (χ1) is 13.0. The van der Waals surface area contributed by atoms with Crippen molar-refractivity contribution in [3.05, 3.63) is 65.2 Å². The summed E-state index contributed by atoms with van der Waals surface area (Å²) >= 11 is 1.35. The quantitative estimate of drug-likeness (QED) is 0.637. The molecule has 140 valence electrons. The fourth-order valence-electron chi connectivity index (χ4n) is 2.60. The van der Waals surface area contributed by atoms with E-state index < -0.39 is 0 Å². The summed E-state index contributed by atoms with van der Waals surface area (Å²) in [5.74, 6) is -0.0226. The van der Waals surface area contributed by atoms with Gasteiger partial charge in [-0.1, -0.05) is 48.2 Å². The van der Waals surface area contributed by atoms with E-state index in [1.807, 2.05) is 43.3 Å². The van der Waals surface area contributed by atoms with Gasteiger partial charge in [-0.2, -0.15) is 4.68 Å². The van der Waals surface area contributed by atoms with Gasteiger partial charge < -0.3 is 5.32 Å². The van der Waals surface area contributed by atoms with Gasteiger partial charge in [-0.15, -0.1) is 5.10 Å². The highest BCUT2D eigenvalue weighted by Crippen LogP contribution is 2.23. The fourth-order valence-corrected chi connectivity index (χ4v) is 3.43. The number of carbonyl (C=O) groups is 1. The Morgan fingerprint density at radius 3 is 2.67 bits per heavy atom. The van der Waals surface area contributed by atoms with E-state index in [1.54, 1.807) is 4.68 Å². The van der Waals surface area contributed by atoms with Crippen molar-refractivity contribution in [3.8, 4) is 5.69 Å². The van der Waals surface area contributed by atoms with E-state index >= 15 is 0 Å². The third-order valence-electron chi connectivity index (χ3n) is 4.38. The molecule has 2 aromatic carbocycles. The van der Waals surface area contributed by atoms with Crippen LogP contribution in [0.5, 0.6) is 0 Å². The van der Waals surface area contributed by atoms with E-state index in [9.17, 15) is 4.79 Å². The molecule has 0 spiro atoms. The van der Waals surface area contributed by atoms with Crippen LogP contribution in [0.2, 0.25) is 0 Å². The van der Waals surface area contributed by atoms with Crippen molar-refractivity contribution in [1.82, 2.24) is 25.5 Å². The van der Waals surface area contributed by atoms with Crippen LogP contribution >= 0.6 is 11.8 Å². The Kier molecular flexibility index (Phi) is 6.24. The molecule has 0 aliphatic rings. The molecule has 1 amide bonds. The fraction of sp³-hybridized carbons (Fsp3) is 0.300. The smallest absolute Gasteiger partial charge is 0.233 e. The maximum Gasteiger partial charge on any atom is 0.233 e. The van der Waals surface area contributed by atoms with Gasteiger partial charge in [0.2, 0.25) is 11.1 Å². The first-order valence-corrected chi connectivity index (χ1v) is 9.77. The number of hydrogen-bond donors (Lipinski definition) is 1. The molecule has 3 rings (SSSR count). The number of carbonyl (C=O) groups excluding carboxylic acids is 1. The molecular formula is C20H23N5OS. The first-order valence-electron chi connectivity index (χ1n) is 8.89. The van der Waals surface area contributed by atoms with E-state index in [4.69, 9.17) is 0 Å². The molecule has 0 radical (unpaired) electrons. The van der Waals surface area contributed by atoms with E-state index in [1.165, 1.54) is 28.5 Å². The van der Waals surface area contributed by atoms with Gasteiger partial charge in [-0.25, -0.2) is 0 Å². The summed E-state index contributed by atoms with van der Waals surface area (Å²) in [4.78, 5) is 12.4. The molecule has 0 saturated heterocycles. The molecule has 0 bridgehead atoms. The first kappa shape index (κ1) is 19.1. The number of amides is 1. The molecule has 1 aromatic heterocycles. The summed E-state index contributed by atoms with van der Waals surface area (Å²) in [6, 6.07) is 16.2. The van der Waals surface area contributed by atoms with Gasteiger partial charge in [0, 0.05) is 6.54 Å². The Morgan fingerprint density at radius 2 is 1.93 bits per heavy atom. The van der Waals surface area contributed by atoms with Crippen molar-refractivity contribution in [2.75, 3.05) is 6.54 Å². The lowest BCUT2D eigenvalue weighted by Crippen LogP contribution is -2.32. The zero-order chi connectivity index (χ0) is 19.2. The Bertz CT molecular complexity index is 910. The van der Waals surface area contributed by atoms with Crippen molar-refractivity contribution in [2.45, 2.75) is 37.6 Å². The molecule has 0 aliphatic carbocycles. The Hall–Kier alpha value is -2.67. The van der Waals surface area contributed by atoms with Crippen LogP contribution in [-0.2, 0) is 11.2 Å². The zero-order valence-corrected chi connectivity index (χ0v) is 16.5. The second kappa shape index (κ2) is 8.81. The highest BCUT2D eigenvalue weighted by atomic mass is 32.2. The Morgan fingerprint density at radius 1 is 1.15 bits per heavy atom. The third-order valence-corrected chi connectivity index (χ3v) is 5.42. The summed E-state index contributed by atoms with van der Waals surface area (Å²) in [5.41, 5.74) is 4.48. The number of rotatable bonds is 7. The number of aromatic nitrogens is 4. The molecule has 0 fully saturated rings. The lowest BCUT2D eigenvalue weighted by atomic mass is 10.1. The average molecular weight is 382 g/mol. The van der Waals surface area contributed by atoms with E-state index in [-0.39, 0.29) is 11.2 Å². The second-order valence-electron chi connectivity index (χ2n) is 6.43. The number of hydrogen-bond acceptors (Lipinski definition) is 5. The van der Waals surface area contributed by atoms with E-state index in [2.05, 4.69) is 46.8 Å². The lowest BCUT2D eigenvalue weighted by molar-refractivity contribution is -0.120. The van der Waals surface area contributed by atoms with Gasteiger partial charge in [0.15, 0.2) is 0 Å². The van der Waals surface area contributed by atoms with Gasteiger partial charge in [0.05, 0.1) is 10.9 Å². The minimum atomic E-state index is -0.294. The summed E-state index contributed by atoms with van der Waals surface area (Å²) in [7, 11) is 0. The second-order valence-corrected chi connectivity index (χ2v) is 7.74. The largest absolute Gasteiger partial charge is 0.355 e. The summed E-state index contributed by atoms with van der Waals surface area (Å²) in [6.45, 7) is 6.59. The summed E-state index contributed by atoms with van der Waals surface area (Å²) in [5, 5.41) is 15.2. The van der Waals surface area contributed by atoms with Crippen molar-refractivity contribution in [2.24, 2.45) is 0 Å². The Labute approximate surface area is 163 Å². The number of thioether (sulfide) groups is 1. The maximum absolute atomic E-state index is 12.4. The Balaban J connectivity index is 1.59. The number of aryl methyl sites for hydroxylation is 2. The molecule has 0 unspecified atom stereocenters. The van der Waals surface area contributed by atoms with Crippen LogP contribution in [0, 0.1) is 13.8 Å². The monoisotopic (exact) mass is 381 g/mol. The van der Waals surface area contributed by atoms with Gasteiger partial charge in [-0.3, -0.25) is 4.79 Å². The summed E-state index contributed by atoms with van der Waals surface area (Å²) in [6.07, 6.45) is 0.810. The summed E-state index contributed by atoms with van der Waals surface area (Å²) < 4.78 is 1.67. The molecular weight excluding hydrogens is 358 g/mol. The minimum absolute atomic E-state index is 0.0226. The molecule has 0 aliphatic heterocycles. The van der Waals surface area contributed by atoms with E-state index in [0.717, 1.165) is 12.1 Å². The molecule has 3 aromatic rings. The van der Waals surface area contributed by atoms with Gasteiger partial charge in [-0.05, 0) is 66.4 Å². The molecule has 1 atom stereocenters. The van der Waals surface area contributed by atoms with Crippen molar-refractivity contribution >= 4 is 17.7 Å². The molecule has 7 heteroatoms. The van der Waals surface area contributed by atoms with Crippen LogP contribution in [0.3, 0.4) is 0 Å². The standard InChI is InChI=1S/C20H23N5OS/c1-14-9-10-18(13-15(14)2)25-20(22-23-24-25)27-16(3)19(26)21-12-11-17-7-5-4-6-8-17/h4-10,13,16H,11-12H2,1-3H3,(H,21,26)/t16-/m1/s1. The molecule has 0 saturated carbocycles. The SMILES string of the molecule is Cc1ccc(-n2nnnc2S[C@H](C)C(=O)NCCc2ccccc2)cc1C. The number of nitrogens with one attached hydrogen (secondary N) is 1. The highest BCUT2D eigenvalue weighted by Gasteiger charge is 2.19. The van der Waals surface area contributed by atoms with Crippen LogP contribution in [0.4, 0.5) is 0 Å². The lowest BCUT2D eigenvalue weighted by Gasteiger charge is -2.12. The van der Waals surface area contributed by atoms with Crippen LogP contribution < -0.4 is 5.32 Å². The number of tetrazole rings is 1. The van der Waals surface area contributed by atoms with Crippen LogP contribution in [-0.4, -0.2) is 37.9 Å². The van der Waals surface area contributed by atoms with E-state index in [0.29, 0.717) is 11.7 Å². The van der Waals surface area contributed by atoms with Crippen LogP contribution in [0.25, 0.3) is 5.69 Å². The third kappa shape index (κ3) is 4.95. The molecule has 1 N–H and O–H groups in total. The van der Waals surface area contributed by atoms with Crippen molar-refractivity contribution < 1.29 is 4.79 Å². The maximum atomic E-state index is 12.4. The van der Waals surface area contributed by atoms with Gasteiger partial charge >= 0.3 is 0 Å². The predicted molar refractivity (Wildman–Crippen MR) is 107 cm³/mol.